The lowest BCUT2D eigenvalue weighted by Gasteiger charge is -2.07. The van der Waals surface area contributed by atoms with Crippen LogP contribution in [0.15, 0.2) is 0 Å². The minimum atomic E-state index is -0.588. The van der Waals surface area contributed by atoms with E-state index in [-0.39, 0.29) is 24.1 Å². The molecule has 2 heterocycles. The van der Waals surface area contributed by atoms with Crippen molar-refractivity contribution in [3.63, 3.8) is 0 Å². The van der Waals surface area contributed by atoms with E-state index in [0.717, 1.165) is 4.90 Å². The summed E-state index contributed by atoms with van der Waals surface area (Å²) in [6.07, 6.45) is 0.152. The van der Waals surface area contributed by atoms with Gasteiger partial charge in [0, 0.05) is 13.5 Å². The maximum absolute atomic E-state index is 11.3. The topological polar surface area (TPSA) is 66.5 Å². The van der Waals surface area contributed by atoms with Crippen molar-refractivity contribution >= 4 is 17.7 Å². The fraction of sp³-hybridized carbons (Fsp3) is 0.571. The van der Waals surface area contributed by atoms with E-state index in [9.17, 15) is 14.4 Å². The Hall–Kier alpha value is -1.39. The van der Waals surface area contributed by atoms with Crippen LogP contribution in [0.4, 0.5) is 0 Å². The highest BCUT2D eigenvalue weighted by Gasteiger charge is 2.51. The third-order valence-electron chi connectivity index (χ3n) is 2.37. The molecular formula is C7H8N2O3. The average molecular weight is 168 g/mol. The van der Waals surface area contributed by atoms with Gasteiger partial charge in [0.2, 0.25) is 11.8 Å². The lowest BCUT2D eigenvalue weighted by atomic mass is 10.0. The summed E-state index contributed by atoms with van der Waals surface area (Å²) >= 11 is 0. The lowest BCUT2D eigenvalue weighted by Crippen LogP contribution is -2.37. The fourth-order valence-corrected chi connectivity index (χ4v) is 1.68. The van der Waals surface area contributed by atoms with E-state index < -0.39 is 12.0 Å². The molecule has 3 amide bonds. The Morgan fingerprint density at radius 2 is 2.00 bits per heavy atom. The van der Waals surface area contributed by atoms with Gasteiger partial charge < -0.3 is 5.32 Å². The number of rotatable bonds is 0. The Morgan fingerprint density at radius 1 is 1.33 bits per heavy atom. The number of carbonyl (C=O) groups excluding carboxylic acids is 3. The van der Waals surface area contributed by atoms with E-state index in [1.54, 1.807) is 0 Å². The second kappa shape index (κ2) is 2.06. The monoisotopic (exact) mass is 168 g/mol. The number of nitrogens with zero attached hydrogens (tertiary/aromatic N) is 1. The van der Waals surface area contributed by atoms with E-state index >= 15 is 0 Å². The van der Waals surface area contributed by atoms with E-state index in [1.807, 2.05) is 0 Å². The van der Waals surface area contributed by atoms with Crippen LogP contribution in [0.3, 0.4) is 0 Å². The van der Waals surface area contributed by atoms with Crippen LogP contribution in [0.25, 0.3) is 0 Å². The lowest BCUT2D eigenvalue weighted by molar-refractivity contribution is -0.139. The molecule has 2 unspecified atom stereocenters. The van der Waals surface area contributed by atoms with Crippen LogP contribution in [0, 0.1) is 5.92 Å². The first kappa shape index (κ1) is 7.27. The summed E-state index contributed by atoms with van der Waals surface area (Å²) < 4.78 is 0. The van der Waals surface area contributed by atoms with E-state index in [2.05, 4.69) is 5.32 Å². The minimum Gasteiger partial charge on any atom is -0.343 e. The molecule has 0 aromatic carbocycles. The van der Waals surface area contributed by atoms with Crippen molar-refractivity contribution in [3.05, 3.63) is 0 Å². The van der Waals surface area contributed by atoms with Gasteiger partial charge in [0.05, 0.1) is 5.92 Å². The largest absolute Gasteiger partial charge is 0.343 e. The zero-order valence-electron chi connectivity index (χ0n) is 6.53. The Bertz CT molecular complexity index is 260. The molecule has 2 saturated heterocycles. The van der Waals surface area contributed by atoms with Crippen LogP contribution in [-0.4, -0.2) is 35.7 Å². The summed E-state index contributed by atoms with van der Waals surface area (Å²) in [5.41, 5.74) is 0. The molecule has 0 aromatic heterocycles. The molecule has 2 rings (SSSR count). The summed E-state index contributed by atoms with van der Waals surface area (Å²) in [7, 11) is 1.44. The molecule has 5 heteroatoms. The van der Waals surface area contributed by atoms with Gasteiger partial charge >= 0.3 is 0 Å². The maximum atomic E-state index is 11.3. The molecule has 0 aliphatic carbocycles. The zero-order valence-corrected chi connectivity index (χ0v) is 6.53. The predicted molar refractivity (Wildman–Crippen MR) is 37.8 cm³/mol. The summed E-state index contributed by atoms with van der Waals surface area (Å²) in [6, 6.07) is -0.588. The molecule has 2 aliphatic heterocycles. The summed E-state index contributed by atoms with van der Waals surface area (Å²) in [5.74, 6) is -1.20. The van der Waals surface area contributed by atoms with Crippen molar-refractivity contribution in [2.24, 2.45) is 5.92 Å². The number of amides is 3. The van der Waals surface area contributed by atoms with Crippen LogP contribution in [0.5, 0.6) is 0 Å². The molecule has 0 aromatic rings. The Labute approximate surface area is 68.7 Å². The molecule has 1 N–H and O–H groups in total. The fourth-order valence-electron chi connectivity index (χ4n) is 1.68. The van der Waals surface area contributed by atoms with Crippen LogP contribution in [0.2, 0.25) is 0 Å². The number of carbonyl (C=O) groups is 3. The number of fused-ring (bicyclic) bond motifs is 1. The number of likely N-dealkylation sites (tertiary alicyclic amines) is 1. The van der Waals surface area contributed by atoms with Crippen molar-refractivity contribution in [2.75, 3.05) is 7.05 Å². The third kappa shape index (κ3) is 0.704. The van der Waals surface area contributed by atoms with Crippen LogP contribution in [0.1, 0.15) is 6.42 Å². The summed E-state index contributed by atoms with van der Waals surface area (Å²) in [6.45, 7) is 0. The number of hydrogen-bond donors (Lipinski definition) is 1. The molecule has 0 saturated carbocycles. The number of likely N-dealkylation sites (N-methyl/N-ethyl adjacent to an activating group) is 1. The van der Waals surface area contributed by atoms with Gasteiger partial charge in [0.1, 0.15) is 6.04 Å². The Balaban J connectivity index is 2.32. The normalized spacial score (nSPS) is 34.1. The molecule has 2 aliphatic rings. The number of hydrogen-bond acceptors (Lipinski definition) is 3. The van der Waals surface area contributed by atoms with Crippen molar-refractivity contribution in [1.82, 2.24) is 10.2 Å². The molecule has 12 heavy (non-hydrogen) atoms. The first-order valence-electron chi connectivity index (χ1n) is 3.72. The van der Waals surface area contributed by atoms with Gasteiger partial charge in [0.15, 0.2) is 0 Å². The Morgan fingerprint density at radius 3 is 2.58 bits per heavy atom. The van der Waals surface area contributed by atoms with E-state index in [1.165, 1.54) is 7.05 Å². The smallest absolute Gasteiger partial charge is 0.252 e. The minimum absolute atomic E-state index is 0.152. The second-order valence-corrected chi connectivity index (χ2v) is 3.09. The SMILES string of the molecule is CN1C(=O)C2CC(=O)NC2C1=O. The quantitative estimate of drug-likeness (QED) is 0.447. The first-order chi connectivity index (χ1) is 5.61. The van der Waals surface area contributed by atoms with Crippen LogP contribution >= 0.6 is 0 Å². The highest BCUT2D eigenvalue weighted by atomic mass is 16.2. The molecule has 2 atom stereocenters. The van der Waals surface area contributed by atoms with Gasteiger partial charge in [-0.05, 0) is 0 Å². The van der Waals surface area contributed by atoms with Gasteiger partial charge in [-0.2, -0.15) is 0 Å². The Kier molecular flexibility index (Phi) is 1.25. The van der Waals surface area contributed by atoms with Crippen molar-refractivity contribution in [3.8, 4) is 0 Å². The number of imide groups is 1. The highest BCUT2D eigenvalue weighted by Crippen LogP contribution is 2.26. The van der Waals surface area contributed by atoms with Crippen LogP contribution < -0.4 is 5.32 Å². The summed E-state index contributed by atoms with van der Waals surface area (Å²) in [4.78, 5) is 34.4. The molecule has 64 valence electrons. The number of nitrogens with one attached hydrogen (secondary N) is 1. The average Bonchev–Trinajstić information content (AvgIpc) is 2.49. The van der Waals surface area contributed by atoms with Gasteiger partial charge in [-0.1, -0.05) is 0 Å². The molecule has 0 spiro atoms. The van der Waals surface area contributed by atoms with Crippen molar-refractivity contribution in [2.45, 2.75) is 12.5 Å². The van der Waals surface area contributed by atoms with Gasteiger partial charge in [-0.15, -0.1) is 0 Å². The molecular weight excluding hydrogens is 160 g/mol. The van der Waals surface area contributed by atoms with Gasteiger partial charge in [0.25, 0.3) is 5.91 Å². The zero-order chi connectivity index (χ0) is 8.88. The third-order valence-corrected chi connectivity index (χ3v) is 2.37. The molecule has 5 nitrogen and oxygen atoms in total. The summed E-state index contributed by atoms with van der Waals surface area (Å²) in [5, 5.41) is 2.48. The first-order valence-corrected chi connectivity index (χ1v) is 3.72. The second-order valence-electron chi connectivity index (χ2n) is 3.09. The van der Waals surface area contributed by atoms with E-state index in [4.69, 9.17) is 0 Å². The molecule has 0 radical (unpaired) electrons. The standard InChI is InChI=1S/C7H8N2O3/c1-9-6(11)3-2-4(10)8-5(3)7(9)12/h3,5H,2H2,1H3,(H,8,10). The highest BCUT2D eigenvalue weighted by molar-refractivity contribution is 6.11. The molecule has 0 bridgehead atoms. The van der Waals surface area contributed by atoms with Crippen molar-refractivity contribution in [1.29, 1.82) is 0 Å². The van der Waals surface area contributed by atoms with Gasteiger partial charge in [-0.25, -0.2) is 0 Å². The van der Waals surface area contributed by atoms with Crippen LogP contribution in [-0.2, 0) is 14.4 Å². The van der Waals surface area contributed by atoms with Gasteiger partial charge in [-0.3, -0.25) is 19.3 Å². The maximum Gasteiger partial charge on any atom is 0.252 e. The predicted octanol–water partition coefficient (Wildman–Crippen LogP) is -1.51. The molecule has 2 fully saturated rings. The van der Waals surface area contributed by atoms with Crippen molar-refractivity contribution < 1.29 is 14.4 Å². The van der Waals surface area contributed by atoms with E-state index in [0.29, 0.717) is 0 Å².